The summed E-state index contributed by atoms with van der Waals surface area (Å²) in [5.41, 5.74) is 5.60. The standard InChI is InChI=1S/C21H19ClN6O/c1-15-5-7-16(8-6-15)21(29)28-11-9-27(10-12-28)20-18(22)3-2-4-19(20)26-25-17(13-23)14-24/h2-8,26H,9-12H2,1H3. The maximum Gasteiger partial charge on any atom is 0.253 e. The first-order chi connectivity index (χ1) is 14.0. The van der Waals surface area contributed by atoms with Crippen LogP contribution in [0.4, 0.5) is 11.4 Å². The average molecular weight is 407 g/mol. The van der Waals surface area contributed by atoms with E-state index < -0.39 is 0 Å². The van der Waals surface area contributed by atoms with Crippen molar-refractivity contribution in [3.05, 3.63) is 58.6 Å². The van der Waals surface area contributed by atoms with Gasteiger partial charge in [0.25, 0.3) is 5.91 Å². The molecule has 0 unspecified atom stereocenters. The van der Waals surface area contributed by atoms with Crippen molar-refractivity contribution >= 4 is 34.6 Å². The number of para-hydroxylation sites is 1. The van der Waals surface area contributed by atoms with Gasteiger partial charge in [0.15, 0.2) is 0 Å². The summed E-state index contributed by atoms with van der Waals surface area (Å²) in [6.07, 6.45) is 0. The molecular formula is C21H19ClN6O. The van der Waals surface area contributed by atoms with Crippen molar-refractivity contribution in [2.24, 2.45) is 5.10 Å². The van der Waals surface area contributed by atoms with Crippen molar-refractivity contribution in [3.63, 3.8) is 0 Å². The lowest BCUT2D eigenvalue weighted by molar-refractivity contribution is 0.0747. The van der Waals surface area contributed by atoms with Crippen molar-refractivity contribution in [2.45, 2.75) is 6.92 Å². The fraction of sp³-hybridized carbons (Fsp3) is 0.238. The molecule has 7 nitrogen and oxygen atoms in total. The van der Waals surface area contributed by atoms with Gasteiger partial charge in [-0.3, -0.25) is 10.2 Å². The zero-order chi connectivity index (χ0) is 20.8. The molecule has 2 aromatic carbocycles. The minimum Gasteiger partial charge on any atom is -0.365 e. The first kappa shape index (κ1) is 20.2. The second kappa shape index (κ2) is 9.09. The SMILES string of the molecule is Cc1ccc(C(=O)N2CCN(c3c(Cl)cccc3NN=C(C#N)C#N)CC2)cc1. The molecule has 0 radical (unpaired) electrons. The smallest absolute Gasteiger partial charge is 0.253 e. The average Bonchev–Trinajstić information content (AvgIpc) is 2.75. The minimum absolute atomic E-state index is 0.0134. The zero-order valence-electron chi connectivity index (χ0n) is 15.9. The van der Waals surface area contributed by atoms with Crippen LogP contribution in [0.1, 0.15) is 15.9 Å². The third-order valence-electron chi connectivity index (χ3n) is 4.67. The number of nitrogens with zero attached hydrogens (tertiary/aromatic N) is 5. The van der Waals surface area contributed by atoms with Crippen LogP contribution in [-0.4, -0.2) is 42.7 Å². The van der Waals surface area contributed by atoms with Gasteiger partial charge in [0.1, 0.15) is 12.1 Å². The second-order valence-electron chi connectivity index (χ2n) is 6.58. The Kier molecular flexibility index (Phi) is 6.33. The number of nitriles is 2. The number of halogens is 1. The molecule has 1 fully saturated rings. The number of hydrogen-bond acceptors (Lipinski definition) is 6. The normalized spacial score (nSPS) is 13.2. The van der Waals surface area contributed by atoms with Crippen LogP contribution < -0.4 is 10.3 Å². The van der Waals surface area contributed by atoms with Crippen LogP contribution in [0.5, 0.6) is 0 Å². The topological polar surface area (TPSA) is 95.5 Å². The molecule has 29 heavy (non-hydrogen) atoms. The summed E-state index contributed by atoms with van der Waals surface area (Å²) in [6.45, 7) is 4.30. The Morgan fingerprint density at radius 1 is 1.07 bits per heavy atom. The summed E-state index contributed by atoms with van der Waals surface area (Å²) in [5, 5.41) is 22.0. The third kappa shape index (κ3) is 4.66. The Bertz CT molecular complexity index is 995. The van der Waals surface area contributed by atoms with Crippen LogP contribution in [0.2, 0.25) is 5.02 Å². The van der Waals surface area contributed by atoms with Gasteiger partial charge in [-0.2, -0.15) is 15.6 Å². The van der Waals surface area contributed by atoms with E-state index in [1.165, 1.54) is 0 Å². The first-order valence-corrected chi connectivity index (χ1v) is 9.44. The number of hydrazone groups is 1. The third-order valence-corrected chi connectivity index (χ3v) is 4.97. The number of anilines is 2. The number of piperazine rings is 1. The van der Waals surface area contributed by atoms with E-state index in [2.05, 4.69) is 15.4 Å². The summed E-state index contributed by atoms with van der Waals surface area (Å²) in [5.74, 6) is 0.0134. The highest BCUT2D eigenvalue weighted by atomic mass is 35.5. The van der Waals surface area contributed by atoms with Gasteiger partial charge in [-0.15, -0.1) is 0 Å². The van der Waals surface area contributed by atoms with Gasteiger partial charge in [0, 0.05) is 31.7 Å². The number of amides is 1. The quantitative estimate of drug-likeness (QED) is 0.620. The molecule has 1 heterocycles. The Balaban J connectivity index is 1.73. The minimum atomic E-state index is -0.274. The molecule has 146 valence electrons. The number of nitrogens with one attached hydrogen (secondary N) is 1. The molecule has 0 aromatic heterocycles. The molecule has 0 saturated carbocycles. The molecule has 0 spiro atoms. The highest BCUT2D eigenvalue weighted by molar-refractivity contribution is 6.34. The molecule has 0 aliphatic carbocycles. The fourth-order valence-electron chi connectivity index (χ4n) is 3.13. The Morgan fingerprint density at radius 2 is 1.72 bits per heavy atom. The van der Waals surface area contributed by atoms with E-state index in [9.17, 15) is 4.79 Å². The molecule has 2 aromatic rings. The van der Waals surface area contributed by atoms with Gasteiger partial charge in [-0.25, -0.2) is 0 Å². The molecule has 1 aliphatic rings. The van der Waals surface area contributed by atoms with E-state index in [0.29, 0.717) is 42.5 Å². The van der Waals surface area contributed by atoms with E-state index in [0.717, 1.165) is 11.3 Å². The Labute approximate surface area is 174 Å². The number of aryl methyl sites for hydroxylation is 1. The Morgan fingerprint density at radius 3 is 2.34 bits per heavy atom. The van der Waals surface area contributed by atoms with Gasteiger partial charge in [-0.1, -0.05) is 35.4 Å². The summed E-state index contributed by atoms with van der Waals surface area (Å²) >= 11 is 6.41. The van der Waals surface area contributed by atoms with E-state index in [-0.39, 0.29) is 11.6 Å². The number of hydrogen-bond donors (Lipinski definition) is 1. The van der Waals surface area contributed by atoms with Crippen LogP contribution >= 0.6 is 11.6 Å². The van der Waals surface area contributed by atoms with Crippen molar-refractivity contribution in [3.8, 4) is 12.1 Å². The molecular weight excluding hydrogens is 388 g/mol. The van der Waals surface area contributed by atoms with Gasteiger partial charge in [-0.05, 0) is 31.2 Å². The fourth-order valence-corrected chi connectivity index (χ4v) is 3.42. The van der Waals surface area contributed by atoms with Crippen molar-refractivity contribution in [2.75, 3.05) is 36.5 Å². The number of benzene rings is 2. The van der Waals surface area contributed by atoms with Gasteiger partial charge in [0.05, 0.1) is 16.4 Å². The van der Waals surface area contributed by atoms with Crippen molar-refractivity contribution in [1.29, 1.82) is 10.5 Å². The molecule has 3 rings (SSSR count). The van der Waals surface area contributed by atoms with Crippen LogP contribution in [0, 0.1) is 29.6 Å². The van der Waals surface area contributed by atoms with E-state index >= 15 is 0 Å². The summed E-state index contributed by atoms with van der Waals surface area (Å²) in [4.78, 5) is 16.6. The lowest BCUT2D eigenvalue weighted by Crippen LogP contribution is -2.49. The molecule has 1 aliphatic heterocycles. The summed E-state index contributed by atoms with van der Waals surface area (Å²) < 4.78 is 0. The second-order valence-corrected chi connectivity index (χ2v) is 6.98. The van der Waals surface area contributed by atoms with Crippen molar-refractivity contribution in [1.82, 2.24) is 4.90 Å². The van der Waals surface area contributed by atoms with Gasteiger partial charge >= 0.3 is 0 Å². The monoisotopic (exact) mass is 406 g/mol. The Hall–Kier alpha value is -3.55. The number of rotatable bonds is 4. The molecule has 1 N–H and O–H groups in total. The molecule has 8 heteroatoms. The van der Waals surface area contributed by atoms with E-state index in [1.807, 2.05) is 36.1 Å². The largest absolute Gasteiger partial charge is 0.365 e. The maximum absolute atomic E-state index is 12.7. The number of carbonyl (C=O) groups is 1. The number of carbonyl (C=O) groups excluding carboxylic acids is 1. The highest BCUT2D eigenvalue weighted by Gasteiger charge is 2.24. The lowest BCUT2D eigenvalue weighted by Gasteiger charge is -2.37. The molecule has 1 saturated heterocycles. The van der Waals surface area contributed by atoms with E-state index in [1.54, 1.807) is 30.3 Å². The molecule has 0 bridgehead atoms. The first-order valence-electron chi connectivity index (χ1n) is 9.07. The molecule has 0 atom stereocenters. The predicted octanol–water partition coefficient (Wildman–Crippen LogP) is 3.43. The summed E-state index contributed by atoms with van der Waals surface area (Å²) in [7, 11) is 0. The van der Waals surface area contributed by atoms with Crippen LogP contribution in [0.25, 0.3) is 0 Å². The highest BCUT2D eigenvalue weighted by Crippen LogP contribution is 2.34. The van der Waals surface area contributed by atoms with Crippen LogP contribution in [-0.2, 0) is 0 Å². The lowest BCUT2D eigenvalue weighted by atomic mass is 10.1. The van der Waals surface area contributed by atoms with Crippen LogP contribution in [0.15, 0.2) is 47.6 Å². The molecule has 1 amide bonds. The maximum atomic E-state index is 12.7. The van der Waals surface area contributed by atoms with Gasteiger partial charge in [0.2, 0.25) is 5.71 Å². The summed E-state index contributed by atoms with van der Waals surface area (Å²) in [6, 6.07) is 16.3. The predicted molar refractivity (Wildman–Crippen MR) is 113 cm³/mol. The van der Waals surface area contributed by atoms with Crippen LogP contribution in [0.3, 0.4) is 0 Å². The zero-order valence-corrected chi connectivity index (χ0v) is 16.6. The van der Waals surface area contributed by atoms with Gasteiger partial charge < -0.3 is 9.80 Å². The van der Waals surface area contributed by atoms with E-state index in [4.69, 9.17) is 22.1 Å². The van der Waals surface area contributed by atoms with Crippen molar-refractivity contribution < 1.29 is 4.79 Å².